The average Bonchev–Trinajstić information content (AvgIpc) is 3.32. The molecule has 0 amide bonds. The summed E-state index contributed by atoms with van der Waals surface area (Å²) >= 11 is 0. The fourth-order valence-electron chi connectivity index (χ4n) is 8.86. The van der Waals surface area contributed by atoms with E-state index in [1.807, 2.05) is 38.6 Å². The maximum absolute atomic E-state index is 10.4. The third-order valence-electron chi connectivity index (χ3n) is 13.1. The number of ether oxygens (including phenoxy) is 1. The van der Waals surface area contributed by atoms with Crippen LogP contribution in [0.4, 0.5) is 0 Å². The van der Waals surface area contributed by atoms with Gasteiger partial charge < -0.3 is 4.74 Å². The van der Waals surface area contributed by atoms with E-state index in [0.29, 0.717) is 12.8 Å². The van der Waals surface area contributed by atoms with Crippen molar-refractivity contribution in [1.29, 1.82) is 10.5 Å². The molecule has 4 atom stereocenters. The SMILES string of the molecule is CCCCCCCCCCc1cnc(-c2ccc(C(CC)CC(C)(C#N)COCC(C)(C#N)CC(CC)c3ccc(-c4ncc(CCCCCCCCCC)cn4)cc3)cc2)nc1. The van der Waals surface area contributed by atoms with E-state index in [1.165, 1.54) is 125 Å². The first-order chi connectivity index (χ1) is 30.7. The molecule has 4 aromatic rings. The van der Waals surface area contributed by atoms with Gasteiger partial charge in [0.2, 0.25) is 0 Å². The number of hydrogen-bond acceptors (Lipinski definition) is 7. The molecule has 0 saturated heterocycles. The number of aryl methyl sites for hydroxylation is 2. The Morgan fingerprint density at radius 2 is 0.794 bits per heavy atom. The molecule has 4 unspecified atom stereocenters. The summed E-state index contributed by atoms with van der Waals surface area (Å²) in [6.45, 7) is 13.4. The van der Waals surface area contributed by atoms with Gasteiger partial charge in [0.05, 0.1) is 36.2 Å². The average molecular weight is 853 g/mol. The Morgan fingerprint density at radius 3 is 1.10 bits per heavy atom. The van der Waals surface area contributed by atoms with Crippen LogP contribution in [0.15, 0.2) is 73.3 Å². The molecule has 2 heterocycles. The summed E-state index contributed by atoms with van der Waals surface area (Å²) in [5.74, 6) is 1.87. The zero-order valence-electron chi connectivity index (χ0n) is 40.1. The fourth-order valence-corrected chi connectivity index (χ4v) is 8.86. The van der Waals surface area contributed by atoms with Gasteiger partial charge in [0.15, 0.2) is 11.6 Å². The van der Waals surface area contributed by atoms with Gasteiger partial charge in [-0.2, -0.15) is 10.5 Å². The van der Waals surface area contributed by atoms with E-state index >= 15 is 0 Å². The predicted octanol–water partition coefficient (Wildman–Crippen LogP) is 15.5. The molecule has 7 heteroatoms. The van der Waals surface area contributed by atoms with E-state index in [1.54, 1.807) is 0 Å². The molecule has 0 fully saturated rings. The topological polar surface area (TPSA) is 108 Å². The zero-order valence-corrected chi connectivity index (χ0v) is 40.1. The molecule has 0 bridgehead atoms. The van der Waals surface area contributed by atoms with E-state index in [-0.39, 0.29) is 25.0 Å². The number of rotatable bonds is 32. The highest BCUT2D eigenvalue weighted by atomic mass is 16.5. The van der Waals surface area contributed by atoms with Gasteiger partial charge in [-0.25, -0.2) is 19.9 Å². The normalized spacial score (nSPS) is 14.3. The van der Waals surface area contributed by atoms with E-state index in [2.05, 4.69) is 88.4 Å². The van der Waals surface area contributed by atoms with Crippen molar-refractivity contribution >= 4 is 0 Å². The van der Waals surface area contributed by atoms with Gasteiger partial charge in [-0.05, 0) is 99.3 Å². The second kappa shape index (κ2) is 28.4. The molecule has 0 radical (unpaired) electrons. The molecule has 0 aliphatic rings. The summed E-state index contributed by atoms with van der Waals surface area (Å²) in [5.41, 5.74) is 5.41. The van der Waals surface area contributed by atoms with Crippen LogP contribution in [-0.2, 0) is 17.6 Å². The van der Waals surface area contributed by atoms with Crippen molar-refractivity contribution in [2.24, 2.45) is 10.8 Å². The minimum Gasteiger partial charge on any atom is -0.378 e. The predicted molar refractivity (Wildman–Crippen MR) is 261 cm³/mol. The number of hydrogen-bond donors (Lipinski definition) is 0. The van der Waals surface area contributed by atoms with E-state index in [9.17, 15) is 10.5 Å². The third kappa shape index (κ3) is 17.9. The highest BCUT2D eigenvalue weighted by molar-refractivity contribution is 5.56. The van der Waals surface area contributed by atoms with Crippen LogP contribution in [0, 0.1) is 33.5 Å². The van der Waals surface area contributed by atoms with Crippen LogP contribution < -0.4 is 0 Å². The van der Waals surface area contributed by atoms with Crippen LogP contribution >= 0.6 is 0 Å². The maximum Gasteiger partial charge on any atom is 0.159 e. The second-order valence-corrected chi connectivity index (χ2v) is 19.0. The van der Waals surface area contributed by atoms with E-state index < -0.39 is 10.8 Å². The van der Waals surface area contributed by atoms with Crippen molar-refractivity contribution in [3.63, 3.8) is 0 Å². The number of unbranched alkanes of at least 4 members (excludes halogenated alkanes) is 14. The molecular weight excluding hydrogens is 773 g/mol. The zero-order chi connectivity index (χ0) is 45.2. The van der Waals surface area contributed by atoms with Crippen molar-refractivity contribution in [2.45, 2.75) is 195 Å². The van der Waals surface area contributed by atoms with Crippen molar-refractivity contribution < 1.29 is 4.74 Å². The summed E-state index contributed by atoms with van der Waals surface area (Å²) < 4.78 is 6.31. The summed E-state index contributed by atoms with van der Waals surface area (Å²) in [6, 6.07) is 22.2. The number of benzene rings is 2. The molecule has 2 aromatic carbocycles. The molecule has 7 nitrogen and oxygen atoms in total. The highest BCUT2D eigenvalue weighted by Crippen LogP contribution is 2.38. The Morgan fingerprint density at radius 1 is 0.476 bits per heavy atom. The quantitative estimate of drug-likeness (QED) is 0.0450. The Hall–Kier alpha value is -4.46. The smallest absolute Gasteiger partial charge is 0.159 e. The van der Waals surface area contributed by atoms with E-state index in [4.69, 9.17) is 24.7 Å². The Kier molecular flexibility index (Phi) is 23.0. The molecular formula is C56H80N6O. The van der Waals surface area contributed by atoms with Crippen LogP contribution in [0.25, 0.3) is 22.8 Å². The number of nitriles is 2. The monoisotopic (exact) mass is 853 g/mol. The van der Waals surface area contributed by atoms with Gasteiger partial charge in [-0.3, -0.25) is 0 Å². The van der Waals surface area contributed by atoms with Crippen molar-refractivity contribution in [3.05, 3.63) is 95.6 Å². The third-order valence-corrected chi connectivity index (χ3v) is 13.1. The standard InChI is InChI=1S/C56H80N6O/c1-7-11-13-15-17-19-21-23-25-45-37-59-53(60-38-45)51-31-27-49(28-32-51)47(9-3)35-55(5,41-57)43-63-44-56(6,42-58)36-48(10-4)50-29-33-52(34-30-50)54-61-39-46(40-62-54)26-24-22-20-18-16-14-12-8-2/h27-34,37-40,47-48H,7-26,35-36,43-44H2,1-6H3. The van der Waals surface area contributed by atoms with Gasteiger partial charge in [0.25, 0.3) is 0 Å². The minimum atomic E-state index is -0.697. The maximum atomic E-state index is 10.4. The van der Waals surface area contributed by atoms with Crippen LogP contribution in [0.5, 0.6) is 0 Å². The number of nitrogens with zero attached hydrogens (tertiary/aromatic N) is 6. The van der Waals surface area contributed by atoms with Crippen LogP contribution in [0.2, 0.25) is 0 Å². The summed E-state index contributed by atoms with van der Waals surface area (Å²) in [7, 11) is 0. The minimum absolute atomic E-state index is 0.195. The summed E-state index contributed by atoms with van der Waals surface area (Å²) in [5, 5.41) is 20.8. The lowest BCUT2D eigenvalue weighted by Gasteiger charge is -2.30. The van der Waals surface area contributed by atoms with Gasteiger partial charge >= 0.3 is 0 Å². The van der Waals surface area contributed by atoms with Gasteiger partial charge in [-0.1, -0.05) is 166 Å². The highest BCUT2D eigenvalue weighted by Gasteiger charge is 2.33. The van der Waals surface area contributed by atoms with Crippen molar-refractivity contribution in [1.82, 2.24) is 19.9 Å². The van der Waals surface area contributed by atoms with Crippen molar-refractivity contribution in [3.8, 4) is 34.9 Å². The first-order valence-electron chi connectivity index (χ1n) is 24.9. The first-order valence-corrected chi connectivity index (χ1v) is 24.9. The fraction of sp³-hybridized carbons (Fsp3) is 0.607. The van der Waals surface area contributed by atoms with Crippen LogP contribution in [0.3, 0.4) is 0 Å². The Bertz CT molecular complexity index is 1770. The molecule has 0 saturated carbocycles. The van der Waals surface area contributed by atoms with Gasteiger partial charge in [-0.15, -0.1) is 0 Å². The molecule has 0 spiro atoms. The molecule has 2 aromatic heterocycles. The van der Waals surface area contributed by atoms with Crippen LogP contribution in [0.1, 0.15) is 204 Å². The van der Waals surface area contributed by atoms with E-state index in [0.717, 1.165) is 48.5 Å². The largest absolute Gasteiger partial charge is 0.378 e. The Balaban J connectivity index is 1.24. The van der Waals surface area contributed by atoms with Gasteiger partial charge in [0.1, 0.15) is 0 Å². The van der Waals surface area contributed by atoms with Crippen LogP contribution in [-0.4, -0.2) is 33.1 Å². The summed E-state index contributed by atoms with van der Waals surface area (Å²) in [4.78, 5) is 18.8. The van der Waals surface area contributed by atoms with Gasteiger partial charge in [0, 0.05) is 35.9 Å². The molecule has 0 aliphatic heterocycles. The first kappa shape index (κ1) is 51.2. The lowest BCUT2D eigenvalue weighted by molar-refractivity contribution is 0.0291. The molecule has 0 N–H and O–H groups in total. The molecule has 340 valence electrons. The molecule has 63 heavy (non-hydrogen) atoms. The Labute approximate surface area is 383 Å². The molecule has 0 aliphatic carbocycles. The summed E-state index contributed by atoms with van der Waals surface area (Å²) in [6.07, 6.45) is 34.2. The van der Waals surface area contributed by atoms with Crippen molar-refractivity contribution in [2.75, 3.05) is 13.2 Å². The number of aromatic nitrogens is 4. The second-order valence-electron chi connectivity index (χ2n) is 19.0. The lowest BCUT2D eigenvalue weighted by Crippen LogP contribution is -2.29. The molecule has 4 rings (SSSR count). The lowest BCUT2D eigenvalue weighted by atomic mass is 9.78.